The Labute approximate surface area is 221 Å². The van der Waals surface area contributed by atoms with Gasteiger partial charge in [-0.05, 0) is 158 Å². The molecule has 198 valence electrons. The SMILES string of the molecule is Cc1c(C23CC4CC(CC(C4)C2)C3)c(C(C)(C)C)c(O)c(C(C)(C)C)c1C12CC3CC(CC(C3)C1)C2. The maximum absolute atomic E-state index is 12.5. The zero-order chi connectivity index (χ0) is 25.4. The van der Waals surface area contributed by atoms with Crippen molar-refractivity contribution >= 4 is 0 Å². The molecule has 8 aliphatic carbocycles. The van der Waals surface area contributed by atoms with Crippen LogP contribution < -0.4 is 0 Å². The van der Waals surface area contributed by atoms with Crippen LogP contribution in [0.15, 0.2) is 0 Å². The minimum atomic E-state index is -0.0481. The van der Waals surface area contributed by atoms with Gasteiger partial charge in [0.25, 0.3) is 0 Å². The number of aromatic hydroxyl groups is 1. The maximum atomic E-state index is 12.5. The number of hydrogen-bond donors (Lipinski definition) is 1. The van der Waals surface area contributed by atoms with Gasteiger partial charge in [0.15, 0.2) is 0 Å². The summed E-state index contributed by atoms with van der Waals surface area (Å²) in [4.78, 5) is 0. The fraction of sp³-hybridized carbons (Fsp3) is 0.829. The highest BCUT2D eigenvalue weighted by atomic mass is 16.3. The fourth-order valence-electron chi connectivity index (χ4n) is 12.5. The molecule has 0 atom stereocenters. The van der Waals surface area contributed by atoms with Gasteiger partial charge in [0.1, 0.15) is 5.75 Å². The third-order valence-electron chi connectivity index (χ3n) is 12.4. The van der Waals surface area contributed by atoms with Crippen molar-refractivity contribution in [2.24, 2.45) is 35.5 Å². The summed E-state index contributed by atoms with van der Waals surface area (Å²) in [6.07, 6.45) is 17.2. The van der Waals surface area contributed by atoms with Crippen LogP contribution in [0, 0.1) is 42.4 Å². The lowest BCUT2D eigenvalue weighted by Crippen LogP contribution is -2.52. The van der Waals surface area contributed by atoms with Crippen LogP contribution in [0.1, 0.15) is 146 Å². The van der Waals surface area contributed by atoms with Gasteiger partial charge in [-0.25, -0.2) is 0 Å². The van der Waals surface area contributed by atoms with Crippen LogP contribution >= 0.6 is 0 Å². The van der Waals surface area contributed by atoms with E-state index in [0.717, 1.165) is 35.5 Å². The number of benzene rings is 1. The zero-order valence-corrected chi connectivity index (χ0v) is 24.4. The molecule has 0 unspecified atom stereocenters. The molecule has 1 N–H and O–H groups in total. The monoisotopic (exact) mass is 488 g/mol. The van der Waals surface area contributed by atoms with Crippen molar-refractivity contribution in [3.63, 3.8) is 0 Å². The highest BCUT2D eigenvalue weighted by Crippen LogP contribution is 2.67. The van der Waals surface area contributed by atoms with Crippen LogP contribution in [-0.2, 0) is 21.7 Å². The van der Waals surface area contributed by atoms with E-state index in [1.54, 1.807) is 16.7 Å². The lowest BCUT2D eigenvalue weighted by molar-refractivity contribution is -0.0102. The Bertz CT molecular complexity index is 936. The standard InChI is InChI=1S/C35H52O/c1-20-27(34-14-21-8-22(15-34)10-23(9-21)16-34)29(32(2,3)4)31(36)30(33(5,6)7)28(20)35-17-24-11-25(18-35)13-26(12-24)19-35/h21-26,36H,8-19H2,1-7H3. The van der Waals surface area contributed by atoms with Gasteiger partial charge in [-0.1, -0.05) is 41.5 Å². The van der Waals surface area contributed by atoms with E-state index in [9.17, 15) is 5.11 Å². The van der Waals surface area contributed by atoms with Crippen LogP contribution in [-0.4, -0.2) is 5.11 Å². The fourth-order valence-corrected chi connectivity index (χ4v) is 12.5. The van der Waals surface area contributed by atoms with Crippen LogP contribution in [0.25, 0.3) is 0 Å². The van der Waals surface area contributed by atoms with E-state index in [0.29, 0.717) is 16.6 Å². The average molecular weight is 489 g/mol. The molecule has 1 aromatic carbocycles. The predicted octanol–water partition coefficient (Wildman–Crippen LogP) is 9.23. The molecule has 0 aromatic heterocycles. The molecule has 1 aromatic rings. The number of phenols is 1. The van der Waals surface area contributed by atoms with E-state index in [1.165, 1.54) is 88.2 Å². The molecular formula is C35H52O. The first-order valence-corrected chi connectivity index (χ1v) is 15.7. The summed E-state index contributed by atoms with van der Waals surface area (Å²) in [5.74, 6) is 6.27. The summed E-state index contributed by atoms with van der Waals surface area (Å²) in [5.41, 5.74) is 8.16. The molecule has 0 aliphatic heterocycles. The second-order valence-electron chi connectivity index (χ2n) is 17.4. The van der Waals surface area contributed by atoms with Crippen molar-refractivity contribution in [1.82, 2.24) is 0 Å². The minimum Gasteiger partial charge on any atom is -0.507 e. The summed E-state index contributed by atoms with van der Waals surface area (Å²) in [7, 11) is 0. The highest BCUT2D eigenvalue weighted by molar-refractivity contribution is 5.64. The molecule has 36 heavy (non-hydrogen) atoms. The Morgan fingerprint density at radius 2 is 0.778 bits per heavy atom. The summed E-state index contributed by atoms with van der Waals surface area (Å²) in [5, 5.41) is 12.5. The molecule has 8 bridgehead atoms. The lowest BCUT2D eigenvalue weighted by Gasteiger charge is -2.60. The summed E-state index contributed by atoms with van der Waals surface area (Å²) in [6.45, 7) is 16.8. The molecule has 0 heterocycles. The second-order valence-corrected chi connectivity index (χ2v) is 17.4. The Kier molecular flexibility index (Phi) is 4.92. The Hall–Kier alpha value is -0.980. The van der Waals surface area contributed by atoms with Gasteiger partial charge in [0.05, 0.1) is 0 Å². The van der Waals surface area contributed by atoms with Crippen molar-refractivity contribution in [3.05, 3.63) is 27.8 Å². The normalized spacial score (nSPS) is 43.0. The Balaban J connectivity index is 1.53. The Morgan fingerprint density at radius 1 is 0.528 bits per heavy atom. The van der Waals surface area contributed by atoms with Crippen molar-refractivity contribution in [2.45, 2.75) is 147 Å². The minimum absolute atomic E-state index is 0.0481. The molecule has 1 heteroatoms. The average Bonchev–Trinajstić information content (AvgIpc) is 2.70. The molecule has 0 radical (unpaired) electrons. The molecule has 8 fully saturated rings. The first-order chi connectivity index (χ1) is 16.8. The largest absolute Gasteiger partial charge is 0.507 e. The van der Waals surface area contributed by atoms with Gasteiger partial charge in [-0.2, -0.15) is 0 Å². The van der Waals surface area contributed by atoms with Gasteiger partial charge in [0, 0.05) is 11.1 Å². The molecule has 0 saturated heterocycles. The highest BCUT2D eigenvalue weighted by Gasteiger charge is 2.57. The molecule has 0 spiro atoms. The van der Waals surface area contributed by atoms with E-state index in [1.807, 2.05) is 0 Å². The molecule has 8 aliphatic rings. The van der Waals surface area contributed by atoms with Gasteiger partial charge in [-0.3, -0.25) is 0 Å². The van der Waals surface area contributed by atoms with Gasteiger partial charge in [-0.15, -0.1) is 0 Å². The zero-order valence-electron chi connectivity index (χ0n) is 24.4. The van der Waals surface area contributed by atoms with Crippen molar-refractivity contribution in [2.75, 3.05) is 0 Å². The van der Waals surface area contributed by atoms with Gasteiger partial charge in [0.2, 0.25) is 0 Å². The van der Waals surface area contributed by atoms with Gasteiger partial charge >= 0.3 is 0 Å². The first-order valence-electron chi connectivity index (χ1n) is 15.7. The lowest BCUT2D eigenvalue weighted by atomic mass is 9.44. The van der Waals surface area contributed by atoms with E-state index >= 15 is 0 Å². The van der Waals surface area contributed by atoms with Crippen LogP contribution in [0.2, 0.25) is 0 Å². The second kappa shape index (κ2) is 7.35. The van der Waals surface area contributed by atoms with Crippen molar-refractivity contribution in [3.8, 4) is 5.75 Å². The Morgan fingerprint density at radius 3 is 1.00 bits per heavy atom. The first kappa shape index (κ1) is 24.1. The summed E-state index contributed by atoms with van der Waals surface area (Å²) >= 11 is 0. The molecular weight excluding hydrogens is 436 g/mol. The smallest absolute Gasteiger partial charge is 0.123 e. The van der Waals surface area contributed by atoms with Gasteiger partial charge < -0.3 is 5.11 Å². The van der Waals surface area contributed by atoms with Crippen LogP contribution in [0.4, 0.5) is 0 Å². The summed E-state index contributed by atoms with van der Waals surface area (Å²) < 4.78 is 0. The van der Waals surface area contributed by atoms with E-state index in [4.69, 9.17) is 0 Å². The van der Waals surface area contributed by atoms with Crippen LogP contribution in [0.3, 0.4) is 0 Å². The van der Waals surface area contributed by atoms with E-state index in [-0.39, 0.29) is 10.8 Å². The molecule has 8 saturated carbocycles. The molecule has 1 nitrogen and oxygen atoms in total. The third kappa shape index (κ3) is 3.32. The van der Waals surface area contributed by atoms with E-state index in [2.05, 4.69) is 48.5 Å². The molecule has 9 rings (SSSR count). The number of phenolic OH excluding ortho intramolecular Hbond substituents is 1. The molecule has 0 amide bonds. The van der Waals surface area contributed by atoms with E-state index < -0.39 is 0 Å². The third-order valence-corrected chi connectivity index (χ3v) is 12.4. The summed E-state index contributed by atoms with van der Waals surface area (Å²) in [6, 6.07) is 0. The topological polar surface area (TPSA) is 20.2 Å². The van der Waals surface area contributed by atoms with Crippen molar-refractivity contribution in [1.29, 1.82) is 0 Å². The number of rotatable bonds is 2. The van der Waals surface area contributed by atoms with Crippen molar-refractivity contribution < 1.29 is 5.11 Å². The number of hydrogen-bond acceptors (Lipinski definition) is 1. The predicted molar refractivity (Wildman–Crippen MR) is 150 cm³/mol. The quantitative estimate of drug-likeness (QED) is 0.440. The van der Waals surface area contributed by atoms with Crippen LogP contribution in [0.5, 0.6) is 5.75 Å². The maximum Gasteiger partial charge on any atom is 0.123 e.